The molecule has 0 heterocycles. The van der Waals surface area contributed by atoms with E-state index in [0.717, 1.165) is 50.1 Å². The molecule has 144 valence electrons. The Bertz CT molecular complexity index is 591. The first-order valence-electron chi connectivity index (χ1n) is 9.36. The standard InChI is InChI=1S/C21H32N2O3/c1-5-7-14-23(15-8-6-2)21(25)17-22(3)20(24)13-12-18-10-9-11-19(16-18)26-4/h9-13,16H,5-8,14-15,17H2,1-4H3/b13-12+. The summed E-state index contributed by atoms with van der Waals surface area (Å²) >= 11 is 0. The zero-order chi connectivity index (χ0) is 19.4. The molecular formula is C21H32N2O3. The van der Waals surface area contributed by atoms with Crippen LogP contribution in [-0.2, 0) is 9.59 Å². The summed E-state index contributed by atoms with van der Waals surface area (Å²) in [7, 11) is 3.27. The van der Waals surface area contributed by atoms with Crippen LogP contribution < -0.4 is 4.74 Å². The van der Waals surface area contributed by atoms with Gasteiger partial charge < -0.3 is 14.5 Å². The molecule has 0 aliphatic rings. The number of rotatable bonds is 11. The molecule has 0 aliphatic heterocycles. The number of carbonyl (C=O) groups excluding carboxylic acids is 2. The van der Waals surface area contributed by atoms with Gasteiger partial charge in [0.1, 0.15) is 5.75 Å². The van der Waals surface area contributed by atoms with E-state index in [1.165, 1.54) is 11.0 Å². The Morgan fingerprint density at radius 2 is 1.77 bits per heavy atom. The molecule has 0 unspecified atom stereocenters. The molecule has 1 aromatic rings. The van der Waals surface area contributed by atoms with Crippen LogP contribution >= 0.6 is 0 Å². The maximum Gasteiger partial charge on any atom is 0.246 e. The lowest BCUT2D eigenvalue weighted by molar-refractivity contribution is -0.137. The van der Waals surface area contributed by atoms with Crippen molar-refractivity contribution in [2.24, 2.45) is 0 Å². The van der Waals surface area contributed by atoms with Crippen molar-refractivity contribution in [1.82, 2.24) is 9.80 Å². The topological polar surface area (TPSA) is 49.9 Å². The van der Waals surface area contributed by atoms with E-state index < -0.39 is 0 Å². The Kier molecular flexibility index (Phi) is 10.1. The van der Waals surface area contributed by atoms with Gasteiger partial charge in [-0.25, -0.2) is 0 Å². The predicted octanol–water partition coefficient (Wildman–Crippen LogP) is 3.60. The van der Waals surface area contributed by atoms with Crippen LogP contribution in [-0.4, -0.2) is 55.4 Å². The largest absolute Gasteiger partial charge is 0.497 e. The first kappa shape index (κ1) is 21.7. The summed E-state index contributed by atoms with van der Waals surface area (Å²) in [5.41, 5.74) is 0.880. The number of benzene rings is 1. The molecule has 5 nitrogen and oxygen atoms in total. The van der Waals surface area contributed by atoms with E-state index in [9.17, 15) is 9.59 Å². The zero-order valence-electron chi connectivity index (χ0n) is 16.5. The van der Waals surface area contributed by atoms with Crippen molar-refractivity contribution in [3.63, 3.8) is 0 Å². The second-order valence-electron chi connectivity index (χ2n) is 6.39. The van der Waals surface area contributed by atoms with Crippen molar-refractivity contribution in [2.75, 3.05) is 33.8 Å². The van der Waals surface area contributed by atoms with E-state index in [-0.39, 0.29) is 18.4 Å². The van der Waals surface area contributed by atoms with Gasteiger partial charge in [0.2, 0.25) is 11.8 Å². The van der Waals surface area contributed by atoms with Crippen LogP contribution in [0.1, 0.15) is 45.1 Å². The summed E-state index contributed by atoms with van der Waals surface area (Å²) < 4.78 is 5.17. The van der Waals surface area contributed by atoms with Crippen LogP contribution in [0.2, 0.25) is 0 Å². The molecular weight excluding hydrogens is 328 g/mol. The molecule has 0 radical (unpaired) electrons. The molecule has 2 amide bonds. The number of hydrogen-bond donors (Lipinski definition) is 0. The maximum atomic E-state index is 12.5. The van der Waals surface area contributed by atoms with Crippen molar-refractivity contribution in [3.8, 4) is 5.75 Å². The van der Waals surface area contributed by atoms with Gasteiger partial charge in [-0.3, -0.25) is 9.59 Å². The zero-order valence-corrected chi connectivity index (χ0v) is 16.5. The Morgan fingerprint density at radius 3 is 2.35 bits per heavy atom. The summed E-state index contributed by atoms with van der Waals surface area (Å²) in [6.07, 6.45) is 7.30. The molecule has 0 fully saturated rings. The number of unbranched alkanes of at least 4 members (excludes halogenated alkanes) is 2. The lowest BCUT2D eigenvalue weighted by Crippen LogP contribution is -2.41. The van der Waals surface area contributed by atoms with Crippen LogP contribution in [0.5, 0.6) is 5.75 Å². The van der Waals surface area contributed by atoms with E-state index in [4.69, 9.17) is 4.74 Å². The highest BCUT2D eigenvalue weighted by atomic mass is 16.5. The van der Waals surface area contributed by atoms with Crippen molar-refractivity contribution < 1.29 is 14.3 Å². The number of carbonyl (C=O) groups is 2. The van der Waals surface area contributed by atoms with Crippen LogP contribution in [0.25, 0.3) is 6.08 Å². The van der Waals surface area contributed by atoms with Crippen LogP contribution in [0, 0.1) is 0 Å². The SMILES string of the molecule is CCCCN(CCCC)C(=O)CN(C)C(=O)/C=C/c1cccc(OC)c1. The van der Waals surface area contributed by atoms with E-state index >= 15 is 0 Å². The second kappa shape index (κ2) is 12.1. The monoisotopic (exact) mass is 360 g/mol. The third kappa shape index (κ3) is 7.72. The average Bonchev–Trinajstić information content (AvgIpc) is 2.66. The quantitative estimate of drug-likeness (QED) is 0.567. The van der Waals surface area contributed by atoms with Gasteiger partial charge in [0, 0.05) is 26.2 Å². The highest BCUT2D eigenvalue weighted by Crippen LogP contribution is 2.13. The van der Waals surface area contributed by atoms with Crippen molar-refractivity contribution >= 4 is 17.9 Å². The fourth-order valence-electron chi connectivity index (χ4n) is 2.48. The van der Waals surface area contributed by atoms with Gasteiger partial charge in [0.15, 0.2) is 0 Å². The summed E-state index contributed by atoms with van der Waals surface area (Å²) in [4.78, 5) is 28.2. The highest BCUT2D eigenvalue weighted by molar-refractivity contribution is 5.94. The summed E-state index contributed by atoms with van der Waals surface area (Å²) in [6, 6.07) is 7.47. The summed E-state index contributed by atoms with van der Waals surface area (Å²) in [5.74, 6) is 0.565. The minimum atomic E-state index is -0.188. The number of likely N-dealkylation sites (N-methyl/N-ethyl adjacent to an activating group) is 1. The predicted molar refractivity (Wildman–Crippen MR) is 106 cm³/mol. The van der Waals surface area contributed by atoms with Crippen LogP contribution in [0.4, 0.5) is 0 Å². The van der Waals surface area contributed by atoms with Gasteiger partial charge in [0.05, 0.1) is 13.7 Å². The molecule has 26 heavy (non-hydrogen) atoms. The molecule has 5 heteroatoms. The van der Waals surface area contributed by atoms with Gasteiger partial charge in [0.25, 0.3) is 0 Å². The Labute approximate surface area is 157 Å². The molecule has 0 spiro atoms. The second-order valence-corrected chi connectivity index (χ2v) is 6.39. The molecule has 0 saturated carbocycles. The molecule has 0 aromatic heterocycles. The van der Waals surface area contributed by atoms with Gasteiger partial charge >= 0.3 is 0 Å². The Balaban J connectivity index is 2.62. The number of methoxy groups -OCH3 is 1. The fraction of sp³-hybridized carbons (Fsp3) is 0.524. The molecule has 0 aliphatic carbocycles. The molecule has 1 rings (SSSR count). The average molecular weight is 360 g/mol. The highest BCUT2D eigenvalue weighted by Gasteiger charge is 2.16. The molecule has 0 N–H and O–H groups in total. The third-order valence-corrected chi connectivity index (χ3v) is 4.18. The van der Waals surface area contributed by atoms with Gasteiger partial charge in [-0.2, -0.15) is 0 Å². The van der Waals surface area contributed by atoms with Gasteiger partial charge in [-0.1, -0.05) is 38.8 Å². The minimum absolute atomic E-state index is 0.0116. The molecule has 0 bridgehead atoms. The van der Waals surface area contributed by atoms with Gasteiger partial charge in [-0.15, -0.1) is 0 Å². The Morgan fingerprint density at radius 1 is 1.12 bits per heavy atom. The normalized spacial score (nSPS) is 10.8. The lowest BCUT2D eigenvalue weighted by atomic mass is 10.2. The van der Waals surface area contributed by atoms with Crippen LogP contribution in [0.3, 0.4) is 0 Å². The van der Waals surface area contributed by atoms with Crippen molar-refractivity contribution in [1.29, 1.82) is 0 Å². The molecule has 0 atom stereocenters. The lowest BCUT2D eigenvalue weighted by Gasteiger charge is -2.25. The summed E-state index contributed by atoms with van der Waals surface area (Å²) in [5, 5.41) is 0. The first-order chi connectivity index (χ1) is 12.5. The van der Waals surface area contributed by atoms with E-state index in [1.54, 1.807) is 20.2 Å². The van der Waals surface area contributed by atoms with Crippen molar-refractivity contribution in [3.05, 3.63) is 35.9 Å². The van der Waals surface area contributed by atoms with E-state index in [0.29, 0.717) is 0 Å². The van der Waals surface area contributed by atoms with Crippen LogP contribution in [0.15, 0.2) is 30.3 Å². The number of nitrogens with zero attached hydrogens (tertiary/aromatic N) is 2. The number of ether oxygens (including phenoxy) is 1. The smallest absolute Gasteiger partial charge is 0.246 e. The van der Waals surface area contributed by atoms with Crippen molar-refractivity contribution in [2.45, 2.75) is 39.5 Å². The molecule has 0 saturated heterocycles. The van der Waals surface area contributed by atoms with Gasteiger partial charge in [-0.05, 0) is 36.6 Å². The maximum absolute atomic E-state index is 12.5. The number of amides is 2. The third-order valence-electron chi connectivity index (χ3n) is 4.18. The number of hydrogen-bond acceptors (Lipinski definition) is 3. The first-order valence-corrected chi connectivity index (χ1v) is 9.36. The fourth-order valence-corrected chi connectivity index (χ4v) is 2.48. The Hall–Kier alpha value is -2.30. The minimum Gasteiger partial charge on any atom is -0.497 e. The van der Waals surface area contributed by atoms with E-state index in [2.05, 4.69) is 13.8 Å². The molecule has 1 aromatic carbocycles. The summed E-state index contributed by atoms with van der Waals surface area (Å²) in [6.45, 7) is 5.85. The van der Waals surface area contributed by atoms with E-state index in [1.807, 2.05) is 29.2 Å².